The highest BCUT2D eigenvalue weighted by molar-refractivity contribution is 6.12. The minimum absolute atomic E-state index is 0.564. The summed E-state index contributed by atoms with van der Waals surface area (Å²) in [5.41, 5.74) is 7.59. The average molecular weight is 495 g/mol. The highest BCUT2D eigenvalue weighted by Crippen LogP contribution is 2.47. The molecule has 2 aromatic carbocycles. The average Bonchev–Trinajstić information content (AvgIpc) is 3.13. The summed E-state index contributed by atoms with van der Waals surface area (Å²) in [5.74, 6) is 4.81. The Morgan fingerprint density at radius 2 is 1.84 bits per heavy atom. The second-order valence-electron chi connectivity index (χ2n) is 9.31. The van der Waals surface area contributed by atoms with Gasteiger partial charge in [-0.05, 0) is 47.6 Å². The van der Waals surface area contributed by atoms with Gasteiger partial charge in [0.25, 0.3) is 0 Å². The maximum Gasteiger partial charge on any atom is 0.219 e. The summed E-state index contributed by atoms with van der Waals surface area (Å²) in [5, 5.41) is 6.47. The molecule has 0 aliphatic carbocycles. The van der Waals surface area contributed by atoms with Crippen LogP contribution in [0.25, 0.3) is 44.2 Å². The number of fused-ring (bicyclic) bond motifs is 3. The van der Waals surface area contributed by atoms with E-state index in [0.29, 0.717) is 18.1 Å². The van der Waals surface area contributed by atoms with Crippen LogP contribution in [0.2, 0.25) is 0 Å². The zero-order valence-electron chi connectivity index (χ0n) is 20.9. The third-order valence-electron chi connectivity index (χ3n) is 7.03. The Labute approximate surface area is 219 Å². The van der Waals surface area contributed by atoms with Crippen molar-refractivity contribution >= 4 is 27.6 Å². The minimum atomic E-state index is 0.564. The van der Waals surface area contributed by atoms with Gasteiger partial charge >= 0.3 is 0 Å². The molecule has 0 saturated heterocycles. The van der Waals surface area contributed by atoms with Crippen molar-refractivity contribution in [1.29, 1.82) is 0 Å². The van der Waals surface area contributed by atoms with Crippen LogP contribution in [0.3, 0.4) is 0 Å². The van der Waals surface area contributed by atoms with Gasteiger partial charge in [-0.2, -0.15) is 0 Å². The van der Waals surface area contributed by atoms with Crippen LogP contribution in [-0.2, 0) is 13.6 Å². The van der Waals surface area contributed by atoms with Gasteiger partial charge in [0.1, 0.15) is 29.2 Å². The largest absolute Gasteiger partial charge is 0.439 e. The van der Waals surface area contributed by atoms with Gasteiger partial charge < -0.3 is 14.6 Å². The molecule has 0 spiro atoms. The molecule has 0 amide bonds. The summed E-state index contributed by atoms with van der Waals surface area (Å²) in [6, 6.07) is 20.0. The molecule has 4 aromatic heterocycles. The van der Waals surface area contributed by atoms with Crippen LogP contribution >= 0.6 is 0 Å². The number of terminal acetylenes is 1. The highest BCUT2D eigenvalue weighted by Gasteiger charge is 2.27. The van der Waals surface area contributed by atoms with Gasteiger partial charge in [0.15, 0.2) is 0 Å². The van der Waals surface area contributed by atoms with Crippen LogP contribution in [0.15, 0.2) is 73.2 Å². The van der Waals surface area contributed by atoms with E-state index in [2.05, 4.69) is 53.9 Å². The van der Waals surface area contributed by atoms with Gasteiger partial charge in [0.05, 0.1) is 11.1 Å². The van der Waals surface area contributed by atoms with E-state index in [1.807, 2.05) is 62.6 Å². The second-order valence-corrected chi connectivity index (χ2v) is 9.31. The van der Waals surface area contributed by atoms with Crippen molar-refractivity contribution in [3.05, 3.63) is 90.1 Å². The van der Waals surface area contributed by atoms with Crippen LogP contribution in [0.5, 0.6) is 11.6 Å². The molecule has 38 heavy (non-hydrogen) atoms. The number of hydrogen-bond acceptors (Lipinski definition) is 6. The first-order valence-electron chi connectivity index (χ1n) is 12.3. The number of hydrogen-bond donors (Lipinski definition) is 1. The highest BCUT2D eigenvalue weighted by atomic mass is 16.5. The van der Waals surface area contributed by atoms with Crippen LogP contribution in [-0.4, -0.2) is 24.5 Å². The Hall–Kier alpha value is -5.22. The molecule has 0 radical (unpaired) electrons. The first-order valence-corrected chi connectivity index (χ1v) is 12.3. The van der Waals surface area contributed by atoms with Crippen molar-refractivity contribution in [2.24, 2.45) is 7.05 Å². The number of aryl methyl sites for hydroxylation is 2. The van der Waals surface area contributed by atoms with Gasteiger partial charge in [-0.25, -0.2) is 19.9 Å². The number of rotatable bonds is 3. The number of aromatic nitrogens is 5. The first-order chi connectivity index (χ1) is 18.6. The van der Waals surface area contributed by atoms with Gasteiger partial charge in [-0.15, -0.1) is 6.42 Å². The lowest BCUT2D eigenvalue weighted by atomic mass is 9.94. The lowest BCUT2D eigenvalue weighted by Gasteiger charge is -2.15. The Bertz CT molecular complexity index is 1950. The topological polar surface area (TPSA) is 77.8 Å². The second kappa shape index (κ2) is 8.43. The van der Waals surface area contributed by atoms with Crippen molar-refractivity contribution in [1.82, 2.24) is 24.5 Å². The molecule has 6 aromatic rings. The third-order valence-corrected chi connectivity index (χ3v) is 7.03. The van der Waals surface area contributed by atoms with Crippen molar-refractivity contribution < 1.29 is 4.74 Å². The number of nitrogens with zero attached hydrogens (tertiary/aromatic N) is 5. The van der Waals surface area contributed by atoms with Crippen LogP contribution in [0.4, 0.5) is 5.82 Å². The molecular weight excluding hydrogens is 472 g/mol. The molecule has 0 saturated carbocycles. The summed E-state index contributed by atoms with van der Waals surface area (Å²) in [6.45, 7) is 2.54. The Kier molecular flexibility index (Phi) is 4.88. The Balaban J connectivity index is 1.48. The predicted molar refractivity (Wildman–Crippen MR) is 149 cm³/mol. The number of ether oxygens (including phenoxy) is 1. The number of nitrogens with one attached hydrogen (secondary N) is 1. The zero-order valence-corrected chi connectivity index (χ0v) is 20.9. The molecule has 1 aliphatic rings. The molecule has 0 fully saturated rings. The summed E-state index contributed by atoms with van der Waals surface area (Å²) >= 11 is 0. The molecule has 0 bridgehead atoms. The van der Waals surface area contributed by atoms with E-state index in [1.165, 1.54) is 0 Å². The fraction of sp³-hybridized carbons (Fsp3) is 0.0968. The van der Waals surface area contributed by atoms with Crippen molar-refractivity contribution in [3.8, 4) is 46.4 Å². The predicted octanol–water partition coefficient (Wildman–Crippen LogP) is 6.25. The SMILES string of the molecule is C#Cc1ncc(-c2c3c4c(ncnc4n2C)NCc2cc(Oc4cccc(C)n4)ccc2-3)c2ccccc12. The van der Waals surface area contributed by atoms with E-state index in [0.717, 1.165) is 67.0 Å². The maximum atomic E-state index is 6.12. The van der Waals surface area contributed by atoms with E-state index >= 15 is 0 Å². The molecule has 1 N–H and O–H groups in total. The fourth-order valence-corrected chi connectivity index (χ4v) is 5.36. The van der Waals surface area contributed by atoms with Crippen LogP contribution in [0.1, 0.15) is 17.0 Å². The van der Waals surface area contributed by atoms with Crippen molar-refractivity contribution in [2.45, 2.75) is 13.5 Å². The standard InChI is InChI=1S/C31H22N6O/c1-4-25-23-10-6-5-9-22(23)24(16-32-25)29-27-21-13-12-20(38-26-11-7-8-18(2)36-26)14-19(21)15-33-30-28(27)31(37(29)3)35-17-34-30/h1,5-14,16-17H,15H2,2-3H3,(H,33,34,35). The summed E-state index contributed by atoms with van der Waals surface area (Å²) < 4.78 is 8.24. The summed E-state index contributed by atoms with van der Waals surface area (Å²) in [4.78, 5) is 18.4. The lowest BCUT2D eigenvalue weighted by Crippen LogP contribution is -2.03. The fourth-order valence-electron chi connectivity index (χ4n) is 5.36. The molecule has 182 valence electrons. The summed E-state index contributed by atoms with van der Waals surface area (Å²) in [7, 11) is 2.03. The number of pyridine rings is 2. The van der Waals surface area contributed by atoms with E-state index < -0.39 is 0 Å². The molecule has 5 heterocycles. The molecular formula is C31H22N6O. The van der Waals surface area contributed by atoms with E-state index in [1.54, 1.807) is 6.33 Å². The van der Waals surface area contributed by atoms with Gasteiger partial charge in [-0.3, -0.25) is 0 Å². The minimum Gasteiger partial charge on any atom is -0.439 e. The summed E-state index contributed by atoms with van der Waals surface area (Å²) in [6.07, 6.45) is 9.25. The van der Waals surface area contributed by atoms with Crippen molar-refractivity contribution in [3.63, 3.8) is 0 Å². The molecule has 0 atom stereocenters. The smallest absolute Gasteiger partial charge is 0.219 e. The maximum absolute atomic E-state index is 6.12. The molecule has 0 unspecified atom stereocenters. The molecule has 7 heteroatoms. The Morgan fingerprint density at radius 3 is 2.68 bits per heavy atom. The quantitative estimate of drug-likeness (QED) is 0.293. The van der Waals surface area contributed by atoms with E-state index in [4.69, 9.17) is 11.2 Å². The van der Waals surface area contributed by atoms with Gasteiger partial charge in [0.2, 0.25) is 5.88 Å². The molecule has 1 aliphatic heterocycles. The van der Waals surface area contributed by atoms with Gasteiger partial charge in [0, 0.05) is 48.1 Å². The molecule has 7 rings (SSSR count). The third kappa shape index (κ3) is 3.31. The van der Waals surface area contributed by atoms with Crippen LogP contribution < -0.4 is 10.1 Å². The first kappa shape index (κ1) is 22.0. The van der Waals surface area contributed by atoms with Crippen molar-refractivity contribution in [2.75, 3.05) is 5.32 Å². The Morgan fingerprint density at radius 1 is 0.974 bits per heavy atom. The van der Waals surface area contributed by atoms with Crippen LogP contribution in [0, 0.1) is 19.3 Å². The lowest BCUT2D eigenvalue weighted by molar-refractivity contribution is 0.461. The number of anilines is 1. The monoisotopic (exact) mass is 494 g/mol. The molecule has 7 nitrogen and oxygen atoms in total. The van der Waals surface area contributed by atoms with Gasteiger partial charge in [-0.1, -0.05) is 36.4 Å². The van der Waals surface area contributed by atoms with E-state index in [9.17, 15) is 0 Å². The normalized spacial score (nSPS) is 12.0. The number of benzene rings is 2. The zero-order chi connectivity index (χ0) is 25.8. The van der Waals surface area contributed by atoms with E-state index in [-0.39, 0.29) is 0 Å².